The number of nitrogens with zero attached hydrogens (tertiary/aromatic N) is 1. The minimum atomic E-state index is -3.92. The van der Waals surface area contributed by atoms with Gasteiger partial charge in [0.1, 0.15) is 0 Å². The SMILES string of the molecule is CCCNCc1ccc(S(=O)(=O)N(C)CC(F)F)c(Br)c1. The van der Waals surface area contributed by atoms with E-state index >= 15 is 0 Å². The van der Waals surface area contributed by atoms with Crippen molar-refractivity contribution in [1.29, 1.82) is 0 Å². The first-order valence-electron chi connectivity index (χ1n) is 6.52. The lowest BCUT2D eigenvalue weighted by Gasteiger charge is -2.18. The molecule has 0 spiro atoms. The van der Waals surface area contributed by atoms with Crippen LogP contribution in [0.15, 0.2) is 27.6 Å². The molecule has 0 bridgehead atoms. The van der Waals surface area contributed by atoms with Crippen molar-refractivity contribution >= 4 is 26.0 Å². The highest BCUT2D eigenvalue weighted by atomic mass is 79.9. The number of halogens is 3. The van der Waals surface area contributed by atoms with E-state index < -0.39 is 23.0 Å². The maximum absolute atomic E-state index is 12.3. The molecule has 0 aliphatic carbocycles. The van der Waals surface area contributed by atoms with Gasteiger partial charge in [-0.2, -0.15) is 4.31 Å². The normalized spacial score (nSPS) is 12.3. The second kappa shape index (κ2) is 8.17. The van der Waals surface area contributed by atoms with Crippen LogP contribution < -0.4 is 5.32 Å². The van der Waals surface area contributed by atoms with E-state index in [0.717, 1.165) is 25.6 Å². The van der Waals surface area contributed by atoms with Gasteiger partial charge in [-0.25, -0.2) is 17.2 Å². The largest absolute Gasteiger partial charge is 0.313 e. The van der Waals surface area contributed by atoms with Crippen molar-refractivity contribution in [2.45, 2.75) is 31.2 Å². The molecule has 0 aromatic heterocycles. The zero-order valence-corrected chi connectivity index (χ0v) is 14.3. The maximum Gasteiger partial charge on any atom is 0.252 e. The molecule has 1 aromatic rings. The van der Waals surface area contributed by atoms with Crippen LogP contribution in [0.2, 0.25) is 0 Å². The van der Waals surface area contributed by atoms with Crippen molar-refractivity contribution in [2.24, 2.45) is 0 Å². The van der Waals surface area contributed by atoms with E-state index in [1.165, 1.54) is 6.07 Å². The van der Waals surface area contributed by atoms with E-state index in [4.69, 9.17) is 0 Å². The van der Waals surface area contributed by atoms with Gasteiger partial charge >= 0.3 is 0 Å². The number of sulfonamides is 1. The molecular weight excluding hydrogens is 366 g/mol. The third-order valence-electron chi connectivity index (χ3n) is 2.84. The number of benzene rings is 1. The van der Waals surface area contributed by atoms with Gasteiger partial charge in [-0.1, -0.05) is 13.0 Å². The molecule has 0 amide bonds. The smallest absolute Gasteiger partial charge is 0.252 e. The lowest BCUT2D eigenvalue weighted by Crippen LogP contribution is -2.31. The Kier molecular flexibility index (Phi) is 7.19. The Morgan fingerprint density at radius 2 is 2.05 bits per heavy atom. The predicted molar refractivity (Wildman–Crippen MR) is 82.0 cm³/mol. The van der Waals surface area contributed by atoms with E-state index in [0.29, 0.717) is 15.3 Å². The summed E-state index contributed by atoms with van der Waals surface area (Å²) in [5.41, 5.74) is 0.922. The molecule has 0 fully saturated rings. The molecule has 0 heterocycles. The van der Waals surface area contributed by atoms with Crippen LogP contribution in [0.1, 0.15) is 18.9 Å². The zero-order valence-electron chi connectivity index (χ0n) is 11.9. The third kappa shape index (κ3) is 5.28. The number of hydrogen-bond acceptors (Lipinski definition) is 3. The molecule has 0 unspecified atom stereocenters. The standard InChI is InChI=1S/C13H19BrF2N2O2S/c1-3-6-17-8-10-4-5-12(11(14)7-10)21(19,20)18(2)9-13(15)16/h4-5,7,13,17H,3,6,8-9H2,1-2H3. The van der Waals surface area contributed by atoms with E-state index in [2.05, 4.69) is 28.2 Å². The third-order valence-corrected chi connectivity index (χ3v) is 5.64. The summed E-state index contributed by atoms with van der Waals surface area (Å²) in [4.78, 5) is -0.00936. The zero-order chi connectivity index (χ0) is 16.0. The van der Waals surface area contributed by atoms with Crippen LogP contribution >= 0.6 is 15.9 Å². The molecule has 1 aromatic carbocycles. The minimum Gasteiger partial charge on any atom is -0.313 e. The molecule has 21 heavy (non-hydrogen) atoms. The lowest BCUT2D eigenvalue weighted by molar-refractivity contribution is 0.126. The molecule has 0 radical (unpaired) electrons. The van der Waals surface area contributed by atoms with Crippen LogP contribution in [0, 0.1) is 0 Å². The quantitative estimate of drug-likeness (QED) is 0.701. The molecular formula is C13H19BrF2N2O2S. The highest BCUT2D eigenvalue weighted by molar-refractivity contribution is 9.10. The van der Waals surface area contributed by atoms with Crippen molar-refractivity contribution in [3.63, 3.8) is 0 Å². The molecule has 1 rings (SSSR count). The maximum atomic E-state index is 12.3. The summed E-state index contributed by atoms with van der Waals surface area (Å²) in [5, 5.41) is 3.21. The van der Waals surface area contributed by atoms with Gasteiger partial charge in [0.15, 0.2) is 0 Å². The Morgan fingerprint density at radius 1 is 1.38 bits per heavy atom. The predicted octanol–water partition coefficient (Wildman–Crippen LogP) is 2.83. The average molecular weight is 385 g/mol. The van der Waals surface area contributed by atoms with Crippen molar-refractivity contribution in [1.82, 2.24) is 9.62 Å². The van der Waals surface area contributed by atoms with Crippen molar-refractivity contribution < 1.29 is 17.2 Å². The Balaban J connectivity index is 2.93. The highest BCUT2D eigenvalue weighted by Gasteiger charge is 2.25. The van der Waals surface area contributed by atoms with Gasteiger partial charge in [-0.3, -0.25) is 0 Å². The van der Waals surface area contributed by atoms with Crippen molar-refractivity contribution in [2.75, 3.05) is 20.1 Å². The molecule has 0 aliphatic heterocycles. The van der Waals surface area contributed by atoms with E-state index in [9.17, 15) is 17.2 Å². The first kappa shape index (κ1) is 18.5. The molecule has 120 valence electrons. The van der Waals surface area contributed by atoms with E-state index in [1.807, 2.05) is 0 Å². The summed E-state index contributed by atoms with van der Waals surface area (Å²) in [6.45, 7) is 2.72. The Bertz CT molecular complexity index is 567. The highest BCUT2D eigenvalue weighted by Crippen LogP contribution is 2.26. The topological polar surface area (TPSA) is 49.4 Å². The molecule has 0 saturated heterocycles. The monoisotopic (exact) mass is 384 g/mol. The van der Waals surface area contributed by atoms with Crippen LogP contribution in [0.3, 0.4) is 0 Å². The van der Waals surface area contributed by atoms with Gasteiger partial charge < -0.3 is 5.32 Å². The summed E-state index contributed by atoms with van der Waals surface area (Å²) in [7, 11) is -2.78. The van der Waals surface area contributed by atoms with Gasteiger partial charge in [0.2, 0.25) is 10.0 Å². The summed E-state index contributed by atoms with van der Waals surface area (Å²) in [6, 6.07) is 4.80. The Labute approximate surface area is 132 Å². The second-order valence-electron chi connectivity index (χ2n) is 4.62. The van der Waals surface area contributed by atoms with E-state index in [1.54, 1.807) is 12.1 Å². The van der Waals surface area contributed by atoms with Crippen LogP contribution in [0.4, 0.5) is 8.78 Å². The Morgan fingerprint density at radius 3 is 2.57 bits per heavy atom. The van der Waals surface area contributed by atoms with Crippen LogP contribution in [0.25, 0.3) is 0 Å². The first-order valence-corrected chi connectivity index (χ1v) is 8.76. The van der Waals surface area contributed by atoms with Crippen LogP contribution in [0.5, 0.6) is 0 Å². The Hall–Kier alpha value is -0.570. The lowest BCUT2D eigenvalue weighted by atomic mass is 10.2. The molecule has 0 aliphatic rings. The fourth-order valence-corrected chi connectivity index (χ4v) is 3.96. The molecule has 8 heteroatoms. The number of alkyl halides is 2. The van der Waals surface area contributed by atoms with Gasteiger partial charge in [-0.05, 0) is 46.6 Å². The number of nitrogens with one attached hydrogen (secondary N) is 1. The van der Waals surface area contributed by atoms with Gasteiger partial charge in [0.25, 0.3) is 6.43 Å². The van der Waals surface area contributed by atoms with Crippen LogP contribution in [-0.4, -0.2) is 39.3 Å². The molecule has 1 N–H and O–H groups in total. The molecule has 4 nitrogen and oxygen atoms in total. The number of rotatable bonds is 8. The van der Waals surface area contributed by atoms with Crippen LogP contribution in [-0.2, 0) is 16.6 Å². The summed E-state index contributed by atoms with van der Waals surface area (Å²) >= 11 is 3.21. The van der Waals surface area contributed by atoms with Crippen molar-refractivity contribution in [3.8, 4) is 0 Å². The van der Waals surface area contributed by atoms with E-state index in [-0.39, 0.29) is 4.90 Å². The van der Waals surface area contributed by atoms with Gasteiger partial charge in [0.05, 0.1) is 11.4 Å². The van der Waals surface area contributed by atoms with Gasteiger partial charge in [-0.15, -0.1) is 0 Å². The summed E-state index contributed by atoms with van der Waals surface area (Å²) in [6.07, 6.45) is -1.70. The average Bonchev–Trinajstić information content (AvgIpc) is 2.38. The number of hydrogen-bond donors (Lipinski definition) is 1. The summed E-state index contributed by atoms with van der Waals surface area (Å²) < 4.78 is 50.1. The summed E-state index contributed by atoms with van der Waals surface area (Å²) in [5.74, 6) is 0. The minimum absolute atomic E-state index is 0.00936. The molecule has 0 saturated carbocycles. The fraction of sp³-hybridized carbons (Fsp3) is 0.538. The van der Waals surface area contributed by atoms with Crippen molar-refractivity contribution in [3.05, 3.63) is 28.2 Å². The van der Waals surface area contributed by atoms with Gasteiger partial charge in [0, 0.05) is 18.1 Å². The first-order chi connectivity index (χ1) is 9.78. The fourth-order valence-electron chi connectivity index (χ4n) is 1.73. The molecule has 0 atom stereocenters. The second-order valence-corrected chi connectivity index (χ2v) is 7.49.